The number of hydrogen-bond acceptors (Lipinski definition) is 2. The van der Waals surface area contributed by atoms with Crippen molar-refractivity contribution in [2.45, 2.75) is 12.8 Å². The molecule has 0 unspecified atom stereocenters. The zero-order chi connectivity index (χ0) is 20.9. The molecule has 2 aromatic rings. The van der Waals surface area contributed by atoms with Gasteiger partial charge in [0.2, 0.25) is 0 Å². The van der Waals surface area contributed by atoms with Crippen molar-refractivity contribution in [3.05, 3.63) is 115 Å². The molecule has 0 heterocycles. The van der Waals surface area contributed by atoms with Crippen molar-refractivity contribution in [3.63, 3.8) is 0 Å². The minimum absolute atomic E-state index is 0.312. The summed E-state index contributed by atoms with van der Waals surface area (Å²) in [4.78, 5) is 20.4. The smallest absolute Gasteiger partial charge is 0.335 e. The third-order valence-electron chi connectivity index (χ3n) is 3.91. The van der Waals surface area contributed by atoms with Crippen LogP contribution in [0.15, 0.2) is 104 Å². The molecule has 2 N–H and O–H groups in total. The van der Waals surface area contributed by atoms with Crippen LogP contribution in [0, 0.1) is 0 Å². The number of carboxylic acids is 2. The average Bonchev–Trinajstić information content (AvgIpc) is 3.45. The summed E-state index contributed by atoms with van der Waals surface area (Å²) in [7, 11) is 0. The molecule has 0 atom stereocenters. The van der Waals surface area contributed by atoms with Crippen molar-refractivity contribution in [2.24, 2.45) is 0 Å². The Balaban J connectivity index is 0.000000157. The molecular formula is C24H22O4Zr. The summed E-state index contributed by atoms with van der Waals surface area (Å²) in [5, 5.41) is 16.8. The summed E-state index contributed by atoms with van der Waals surface area (Å²) in [5.74, 6) is -1.76. The van der Waals surface area contributed by atoms with Crippen molar-refractivity contribution in [1.29, 1.82) is 0 Å². The number of rotatable bonds is 4. The van der Waals surface area contributed by atoms with E-state index in [1.54, 1.807) is 67.2 Å². The third kappa shape index (κ3) is 8.84. The molecule has 146 valence electrons. The normalized spacial score (nSPS) is 13.2. The van der Waals surface area contributed by atoms with E-state index in [1.165, 1.54) is 12.8 Å². The fourth-order valence-corrected chi connectivity index (χ4v) is 5.43. The maximum Gasteiger partial charge on any atom is 0.335 e. The minimum atomic E-state index is -0.879. The Morgan fingerprint density at radius 3 is 1.28 bits per heavy atom. The van der Waals surface area contributed by atoms with Gasteiger partial charge in [-0.3, -0.25) is 0 Å². The van der Waals surface area contributed by atoms with Crippen molar-refractivity contribution in [1.82, 2.24) is 0 Å². The Morgan fingerprint density at radius 2 is 1.03 bits per heavy atom. The second-order valence-electron chi connectivity index (χ2n) is 6.12. The maximum absolute atomic E-state index is 10.2. The first-order valence-electron chi connectivity index (χ1n) is 9.11. The summed E-state index contributed by atoms with van der Waals surface area (Å²) in [6.45, 7) is 0. The molecule has 4 rings (SSSR count). The van der Waals surface area contributed by atoms with Gasteiger partial charge in [-0.1, -0.05) is 36.4 Å². The van der Waals surface area contributed by atoms with Crippen LogP contribution in [0.3, 0.4) is 0 Å². The fraction of sp³-hybridized carbons (Fsp3) is 0.0833. The Bertz CT molecular complexity index is 848. The largest absolute Gasteiger partial charge is 0.478 e. The van der Waals surface area contributed by atoms with Crippen molar-refractivity contribution in [2.75, 3.05) is 0 Å². The SMILES string of the molecule is C1=CC[C]([Zr][C]2=CC=CC2)=C1.O=C(O)c1ccccc1.O=C(O)c1ccccc1. The summed E-state index contributed by atoms with van der Waals surface area (Å²) in [6, 6.07) is 16.6. The Labute approximate surface area is 182 Å². The van der Waals surface area contributed by atoms with E-state index in [1.807, 2.05) is 0 Å². The van der Waals surface area contributed by atoms with Crippen LogP contribution in [0.5, 0.6) is 0 Å². The molecule has 0 saturated heterocycles. The van der Waals surface area contributed by atoms with Crippen LogP contribution in [-0.2, 0) is 23.2 Å². The predicted molar refractivity (Wildman–Crippen MR) is 110 cm³/mol. The zero-order valence-electron chi connectivity index (χ0n) is 15.9. The molecule has 0 radical (unpaired) electrons. The topological polar surface area (TPSA) is 74.6 Å². The second-order valence-corrected chi connectivity index (χ2v) is 9.89. The van der Waals surface area contributed by atoms with Crippen LogP contribution in [0.4, 0.5) is 0 Å². The quantitative estimate of drug-likeness (QED) is 0.623. The second kappa shape index (κ2) is 12.6. The molecule has 0 fully saturated rings. The molecule has 0 amide bonds. The first-order chi connectivity index (χ1) is 14.1. The van der Waals surface area contributed by atoms with Crippen molar-refractivity contribution < 1.29 is 43.0 Å². The molecule has 29 heavy (non-hydrogen) atoms. The van der Waals surface area contributed by atoms with Crippen LogP contribution in [-0.4, -0.2) is 22.2 Å². The maximum atomic E-state index is 10.2. The molecule has 0 saturated carbocycles. The molecule has 0 bridgehead atoms. The standard InChI is InChI=1S/2C7H6O2.2C5H5.Zr/c2*8-7(9)6-4-2-1-3-5-6;2*1-2-4-5-3-1;/h2*1-5H,(H,8,9);2*1-3H,4H2;. The minimum Gasteiger partial charge on any atom is -0.478 e. The number of hydrogen-bond donors (Lipinski definition) is 2. The Hall–Kier alpha value is -2.78. The Morgan fingerprint density at radius 1 is 0.655 bits per heavy atom. The van der Waals surface area contributed by atoms with E-state index < -0.39 is 11.9 Å². The molecule has 0 aromatic heterocycles. The van der Waals surface area contributed by atoms with Crippen LogP contribution in [0.25, 0.3) is 0 Å². The summed E-state index contributed by atoms with van der Waals surface area (Å²) >= 11 is -0.312. The monoisotopic (exact) mass is 464 g/mol. The average molecular weight is 466 g/mol. The first kappa shape index (κ1) is 22.5. The molecule has 0 spiro atoms. The summed E-state index contributed by atoms with van der Waals surface area (Å²) < 4.78 is 3.45. The molecule has 2 aliphatic rings. The molecule has 4 nitrogen and oxygen atoms in total. The first-order valence-corrected chi connectivity index (χ1v) is 11.6. The zero-order valence-corrected chi connectivity index (χ0v) is 18.3. The van der Waals surface area contributed by atoms with Gasteiger partial charge in [0, 0.05) is 0 Å². The van der Waals surface area contributed by atoms with Gasteiger partial charge in [0.05, 0.1) is 11.1 Å². The molecule has 2 aliphatic carbocycles. The molecule has 2 aromatic carbocycles. The Kier molecular flexibility index (Phi) is 9.81. The van der Waals surface area contributed by atoms with Crippen molar-refractivity contribution in [3.8, 4) is 0 Å². The van der Waals surface area contributed by atoms with E-state index in [4.69, 9.17) is 10.2 Å². The number of benzene rings is 2. The number of carboxylic acid groups (broad SMARTS) is 2. The van der Waals surface area contributed by atoms with Gasteiger partial charge < -0.3 is 10.2 Å². The van der Waals surface area contributed by atoms with Crippen molar-refractivity contribution >= 4 is 11.9 Å². The van der Waals surface area contributed by atoms with Gasteiger partial charge in [-0.25, -0.2) is 9.59 Å². The third-order valence-corrected chi connectivity index (χ3v) is 7.31. The summed E-state index contributed by atoms with van der Waals surface area (Å²) in [6.07, 6.45) is 16.0. The fourth-order valence-electron chi connectivity index (χ4n) is 2.45. The molecule has 0 aliphatic heterocycles. The number of allylic oxidation sites excluding steroid dienone is 8. The summed E-state index contributed by atoms with van der Waals surface area (Å²) in [5.41, 5.74) is 0.662. The molecular weight excluding hydrogens is 443 g/mol. The van der Waals surface area contributed by atoms with E-state index in [-0.39, 0.29) is 23.2 Å². The van der Waals surface area contributed by atoms with E-state index in [0.717, 1.165) is 0 Å². The van der Waals surface area contributed by atoms with E-state index in [0.29, 0.717) is 11.1 Å². The van der Waals surface area contributed by atoms with Gasteiger partial charge >= 0.3 is 91.0 Å². The van der Waals surface area contributed by atoms with Crippen LogP contribution in [0.2, 0.25) is 0 Å². The number of carbonyl (C=O) groups is 2. The van der Waals surface area contributed by atoms with E-state index in [2.05, 4.69) is 36.5 Å². The van der Waals surface area contributed by atoms with Crippen LogP contribution < -0.4 is 0 Å². The van der Waals surface area contributed by atoms with Gasteiger partial charge in [0.15, 0.2) is 0 Å². The van der Waals surface area contributed by atoms with Crippen LogP contribution >= 0.6 is 0 Å². The predicted octanol–water partition coefficient (Wildman–Crippen LogP) is 5.53. The van der Waals surface area contributed by atoms with Gasteiger partial charge in [-0.05, 0) is 24.3 Å². The van der Waals surface area contributed by atoms with E-state index in [9.17, 15) is 9.59 Å². The molecule has 5 heteroatoms. The van der Waals surface area contributed by atoms with Gasteiger partial charge in [0.25, 0.3) is 0 Å². The number of aromatic carboxylic acids is 2. The van der Waals surface area contributed by atoms with Gasteiger partial charge in [0.1, 0.15) is 0 Å². The van der Waals surface area contributed by atoms with Crippen LogP contribution in [0.1, 0.15) is 33.6 Å². The van der Waals surface area contributed by atoms with E-state index >= 15 is 0 Å². The van der Waals surface area contributed by atoms with Gasteiger partial charge in [-0.15, -0.1) is 0 Å². The van der Waals surface area contributed by atoms with Gasteiger partial charge in [-0.2, -0.15) is 0 Å².